The maximum Gasteiger partial charge on any atom is 0.435 e. The first-order valence-corrected chi connectivity index (χ1v) is 5.20. The number of halogens is 3. The Balaban J connectivity index is 2.20. The molecule has 0 amide bonds. The van der Waals surface area contributed by atoms with E-state index in [0.29, 0.717) is 5.56 Å². The van der Waals surface area contributed by atoms with Crippen molar-refractivity contribution in [3.05, 3.63) is 41.1 Å². The minimum Gasteiger partial charge on any atom is -0.475 e. The molecule has 0 spiro atoms. The summed E-state index contributed by atoms with van der Waals surface area (Å²) in [5.74, 6) is -1.22. The second-order valence-corrected chi connectivity index (χ2v) is 3.93. The van der Waals surface area contributed by atoms with Gasteiger partial charge >= 0.3 is 12.1 Å². The zero-order chi connectivity index (χ0) is 14.2. The molecule has 8 heteroatoms. The van der Waals surface area contributed by atoms with Gasteiger partial charge in [0.15, 0.2) is 5.69 Å². The number of carboxylic acids is 1. The molecule has 0 aliphatic heterocycles. The van der Waals surface area contributed by atoms with E-state index in [1.165, 1.54) is 6.07 Å². The number of alkyl halides is 3. The largest absolute Gasteiger partial charge is 0.475 e. The fraction of sp³-hybridized carbons (Fsp3) is 0.273. The fourth-order valence-electron chi connectivity index (χ4n) is 1.60. The van der Waals surface area contributed by atoms with Crippen LogP contribution in [0.5, 0.6) is 0 Å². The highest BCUT2D eigenvalue weighted by atomic mass is 19.4. The summed E-state index contributed by atoms with van der Waals surface area (Å²) in [6.45, 7) is 1.48. The zero-order valence-corrected chi connectivity index (χ0v) is 9.73. The predicted octanol–water partition coefficient (Wildman–Crippen LogP) is 2.55. The Labute approximate surface area is 105 Å². The van der Waals surface area contributed by atoms with Crippen LogP contribution in [0.4, 0.5) is 13.2 Å². The van der Waals surface area contributed by atoms with Crippen LogP contribution < -0.4 is 0 Å². The second-order valence-electron chi connectivity index (χ2n) is 3.93. The van der Waals surface area contributed by atoms with Gasteiger partial charge in [-0.15, -0.1) is 0 Å². The van der Waals surface area contributed by atoms with Crippen molar-refractivity contribution in [2.24, 2.45) is 0 Å². The third kappa shape index (κ3) is 2.78. The molecular formula is C11H9F3N2O3. The highest BCUT2D eigenvalue weighted by Gasteiger charge is 2.33. The van der Waals surface area contributed by atoms with Crippen molar-refractivity contribution in [2.45, 2.75) is 19.6 Å². The molecule has 0 bridgehead atoms. The predicted molar refractivity (Wildman–Crippen MR) is 56.7 cm³/mol. The molecule has 0 saturated heterocycles. The third-order valence-corrected chi connectivity index (χ3v) is 2.41. The lowest BCUT2D eigenvalue weighted by Gasteiger charge is -2.01. The molecule has 2 aromatic rings. The van der Waals surface area contributed by atoms with Gasteiger partial charge < -0.3 is 9.52 Å². The van der Waals surface area contributed by atoms with Gasteiger partial charge in [0, 0.05) is 11.8 Å². The minimum absolute atomic E-state index is 0.0653. The number of aromatic carboxylic acids is 1. The van der Waals surface area contributed by atoms with Gasteiger partial charge in [0.2, 0.25) is 5.76 Å². The summed E-state index contributed by atoms with van der Waals surface area (Å²) in [7, 11) is 0. The number of furan rings is 1. The average molecular weight is 274 g/mol. The van der Waals surface area contributed by atoms with Crippen molar-refractivity contribution in [1.29, 1.82) is 0 Å². The van der Waals surface area contributed by atoms with E-state index in [1.54, 1.807) is 6.92 Å². The summed E-state index contributed by atoms with van der Waals surface area (Å²) in [5, 5.41) is 12.1. The number of aromatic nitrogens is 2. The molecule has 0 unspecified atom stereocenters. The van der Waals surface area contributed by atoms with Crippen LogP contribution >= 0.6 is 0 Å². The summed E-state index contributed by atoms with van der Waals surface area (Å²) in [5.41, 5.74) is -0.597. The molecule has 0 aliphatic rings. The number of hydrogen-bond acceptors (Lipinski definition) is 3. The molecule has 2 rings (SSSR count). The molecule has 5 nitrogen and oxygen atoms in total. The standard InChI is InChI=1S/C11H9F3N2O3/c1-6-4-7(19-9(6)10(17)18)5-16-3-2-8(15-16)11(12,13)14/h2-4H,5H2,1H3,(H,17,18). The van der Waals surface area contributed by atoms with Crippen LogP contribution in [0.3, 0.4) is 0 Å². The van der Waals surface area contributed by atoms with E-state index in [1.807, 2.05) is 0 Å². The number of carboxylic acid groups (broad SMARTS) is 1. The lowest BCUT2D eigenvalue weighted by Crippen LogP contribution is -2.08. The van der Waals surface area contributed by atoms with Gasteiger partial charge in [-0.05, 0) is 19.1 Å². The number of carbonyl (C=O) groups is 1. The van der Waals surface area contributed by atoms with E-state index >= 15 is 0 Å². The van der Waals surface area contributed by atoms with Crippen LogP contribution in [0.1, 0.15) is 27.6 Å². The first kappa shape index (κ1) is 13.2. The number of nitrogens with zero attached hydrogens (tertiary/aromatic N) is 2. The topological polar surface area (TPSA) is 68.3 Å². The Morgan fingerprint density at radius 1 is 1.53 bits per heavy atom. The molecule has 0 aromatic carbocycles. The van der Waals surface area contributed by atoms with Crippen LogP contribution in [-0.4, -0.2) is 20.9 Å². The van der Waals surface area contributed by atoms with Crippen LogP contribution in [0.15, 0.2) is 22.7 Å². The van der Waals surface area contributed by atoms with Gasteiger partial charge in [-0.25, -0.2) is 4.79 Å². The van der Waals surface area contributed by atoms with E-state index in [2.05, 4.69) is 5.10 Å². The highest BCUT2D eigenvalue weighted by Crippen LogP contribution is 2.27. The van der Waals surface area contributed by atoms with Crippen molar-refractivity contribution in [3.63, 3.8) is 0 Å². The molecule has 0 saturated carbocycles. The number of aryl methyl sites for hydroxylation is 1. The Morgan fingerprint density at radius 3 is 2.68 bits per heavy atom. The Kier molecular flexibility index (Phi) is 3.09. The van der Waals surface area contributed by atoms with Crippen molar-refractivity contribution < 1.29 is 27.5 Å². The van der Waals surface area contributed by atoms with E-state index in [9.17, 15) is 18.0 Å². The van der Waals surface area contributed by atoms with E-state index in [0.717, 1.165) is 16.9 Å². The smallest absolute Gasteiger partial charge is 0.435 e. The molecular weight excluding hydrogens is 265 g/mol. The molecule has 19 heavy (non-hydrogen) atoms. The van der Waals surface area contributed by atoms with Gasteiger partial charge in [-0.1, -0.05) is 0 Å². The quantitative estimate of drug-likeness (QED) is 0.933. The van der Waals surface area contributed by atoms with Crippen LogP contribution in [0.25, 0.3) is 0 Å². The van der Waals surface area contributed by atoms with Gasteiger partial charge in [0.1, 0.15) is 5.76 Å². The lowest BCUT2D eigenvalue weighted by molar-refractivity contribution is -0.141. The van der Waals surface area contributed by atoms with Crippen molar-refractivity contribution in [1.82, 2.24) is 9.78 Å². The fourth-order valence-corrected chi connectivity index (χ4v) is 1.60. The minimum atomic E-state index is -4.50. The maximum absolute atomic E-state index is 12.3. The maximum atomic E-state index is 12.3. The normalized spacial score (nSPS) is 11.8. The highest BCUT2D eigenvalue weighted by molar-refractivity contribution is 5.86. The monoisotopic (exact) mass is 274 g/mol. The molecule has 2 aromatic heterocycles. The van der Waals surface area contributed by atoms with Crippen LogP contribution in [-0.2, 0) is 12.7 Å². The van der Waals surface area contributed by atoms with Gasteiger partial charge in [-0.3, -0.25) is 4.68 Å². The van der Waals surface area contributed by atoms with Crippen LogP contribution in [0, 0.1) is 6.92 Å². The van der Waals surface area contributed by atoms with Gasteiger partial charge in [0.25, 0.3) is 0 Å². The zero-order valence-electron chi connectivity index (χ0n) is 9.73. The molecule has 0 radical (unpaired) electrons. The molecule has 0 aliphatic carbocycles. The van der Waals surface area contributed by atoms with Crippen molar-refractivity contribution in [2.75, 3.05) is 0 Å². The number of rotatable bonds is 3. The third-order valence-electron chi connectivity index (χ3n) is 2.41. The summed E-state index contributed by atoms with van der Waals surface area (Å²) in [6, 6.07) is 2.30. The summed E-state index contributed by atoms with van der Waals surface area (Å²) in [4.78, 5) is 10.8. The Morgan fingerprint density at radius 2 is 2.21 bits per heavy atom. The van der Waals surface area contributed by atoms with Crippen LogP contribution in [0.2, 0.25) is 0 Å². The average Bonchev–Trinajstić information content (AvgIpc) is 2.85. The molecule has 102 valence electrons. The van der Waals surface area contributed by atoms with E-state index < -0.39 is 17.8 Å². The Hall–Kier alpha value is -2.25. The SMILES string of the molecule is Cc1cc(Cn2ccc(C(F)(F)F)n2)oc1C(=O)O. The molecule has 0 atom stereocenters. The number of hydrogen-bond donors (Lipinski definition) is 1. The lowest BCUT2D eigenvalue weighted by atomic mass is 10.2. The first-order valence-electron chi connectivity index (χ1n) is 5.20. The second kappa shape index (κ2) is 4.45. The summed E-state index contributed by atoms with van der Waals surface area (Å²) >= 11 is 0. The van der Waals surface area contributed by atoms with Crippen molar-refractivity contribution >= 4 is 5.97 Å². The van der Waals surface area contributed by atoms with E-state index in [4.69, 9.17) is 9.52 Å². The molecule has 0 fully saturated rings. The molecule has 2 heterocycles. The van der Waals surface area contributed by atoms with Gasteiger partial charge in [-0.2, -0.15) is 18.3 Å². The van der Waals surface area contributed by atoms with Crippen molar-refractivity contribution in [3.8, 4) is 0 Å². The summed E-state index contributed by atoms with van der Waals surface area (Å²) < 4.78 is 43.1. The van der Waals surface area contributed by atoms with Gasteiger partial charge in [0.05, 0.1) is 6.54 Å². The summed E-state index contributed by atoms with van der Waals surface area (Å²) in [6.07, 6.45) is -3.35. The molecule has 1 N–H and O–H groups in total. The van der Waals surface area contributed by atoms with E-state index in [-0.39, 0.29) is 18.1 Å². The first-order chi connectivity index (χ1) is 8.77. The Bertz CT molecular complexity index is 613.